The number of methoxy groups -OCH3 is 2. The molecule has 11 heteroatoms. The number of barbiturate groups is 1. The molecule has 4 amide bonds. The molecule has 0 aromatic heterocycles. The number of carbonyl (C=O) groups is 3. The number of hydrogen-bond donors (Lipinski definition) is 1. The van der Waals surface area contributed by atoms with E-state index in [0.29, 0.717) is 4.90 Å². The lowest BCUT2D eigenvalue weighted by Gasteiger charge is -2.27. The number of nitro groups is 1. The standard InChI is InChI=1S/C19H15N3O8/c1-29-14-6-4-3-5-12(14)21-18(25)11(17(24)20-19(21)26)7-10-8-13(22(27)28)16(23)15(9-10)30-2/h3-9,23H,1-2H3,(H,20,24,26)/p-1/b11-7+. The summed E-state index contributed by atoms with van der Waals surface area (Å²) < 4.78 is 10.0. The lowest BCUT2D eigenvalue weighted by Crippen LogP contribution is -2.54. The highest BCUT2D eigenvalue weighted by Gasteiger charge is 2.38. The molecule has 1 saturated heterocycles. The van der Waals surface area contributed by atoms with Gasteiger partial charge in [0.05, 0.1) is 24.8 Å². The fourth-order valence-corrected chi connectivity index (χ4v) is 2.84. The number of urea groups is 1. The quantitative estimate of drug-likeness (QED) is 0.334. The van der Waals surface area contributed by atoms with Crippen LogP contribution in [0, 0.1) is 10.1 Å². The molecule has 0 bridgehead atoms. The lowest BCUT2D eigenvalue weighted by atomic mass is 10.1. The number of nitro benzene ring substituents is 1. The number of para-hydroxylation sites is 2. The number of nitrogens with one attached hydrogen (secondary N) is 1. The van der Waals surface area contributed by atoms with Crippen LogP contribution in [0.5, 0.6) is 17.2 Å². The molecule has 0 atom stereocenters. The van der Waals surface area contributed by atoms with Gasteiger partial charge in [-0.25, -0.2) is 9.69 Å². The Balaban J connectivity index is 2.12. The van der Waals surface area contributed by atoms with Crippen LogP contribution < -0.4 is 24.8 Å². The van der Waals surface area contributed by atoms with E-state index in [-0.39, 0.29) is 22.7 Å². The second-order valence-electron chi connectivity index (χ2n) is 5.96. The van der Waals surface area contributed by atoms with Crippen LogP contribution in [0.3, 0.4) is 0 Å². The second-order valence-corrected chi connectivity index (χ2v) is 5.96. The van der Waals surface area contributed by atoms with Crippen molar-refractivity contribution >= 4 is 35.3 Å². The van der Waals surface area contributed by atoms with E-state index in [9.17, 15) is 29.6 Å². The van der Waals surface area contributed by atoms with Crippen molar-refractivity contribution in [3.63, 3.8) is 0 Å². The Labute approximate surface area is 169 Å². The smallest absolute Gasteiger partial charge is 0.336 e. The van der Waals surface area contributed by atoms with Crippen LogP contribution in [0.15, 0.2) is 42.0 Å². The third-order valence-electron chi connectivity index (χ3n) is 4.21. The maximum absolute atomic E-state index is 13.0. The molecule has 2 aromatic rings. The zero-order chi connectivity index (χ0) is 22.0. The Bertz CT molecular complexity index is 1110. The molecule has 30 heavy (non-hydrogen) atoms. The minimum Gasteiger partial charge on any atom is -0.865 e. The Morgan fingerprint density at radius 1 is 1.07 bits per heavy atom. The van der Waals surface area contributed by atoms with Crippen molar-refractivity contribution in [1.82, 2.24) is 5.32 Å². The first kappa shape index (κ1) is 20.3. The van der Waals surface area contributed by atoms with Gasteiger partial charge in [0, 0.05) is 11.8 Å². The maximum Gasteiger partial charge on any atom is 0.336 e. The molecular weight excluding hydrogens is 398 g/mol. The van der Waals surface area contributed by atoms with E-state index >= 15 is 0 Å². The van der Waals surface area contributed by atoms with Gasteiger partial charge in [0.1, 0.15) is 17.1 Å². The van der Waals surface area contributed by atoms with Gasteiger partial charge in [-0.05, 0) is 29.8 Å². The number of hydrogen-bond acceptors (Lipinski definition) is 8. The topological polar surface area (TPSA) is 151 Å². The fraction of sp³-hybridized carbons (Fsp3) is 0.105. The van der Waals surface area contributed by atoms with Crippen LogP contribution in [0.2, 0.25) is 0 Å². The molecule has 1 aliphatic heterocycles. The minimum atomic E-state index is -0.996. The summed E-state index contributed by atoms with van der Waals surface area (Å²) in [5.41, 5.74) is -1.18. The SMILES string of the molecule is COc1ccccc1N1C(=O)NC(=O)/C(=C\c2cc(OC)c([O-])c([N+](=O)[O-])c2)C1=O. The lowest BCUT2D eigenvalue weighted by molar-refractivity contribution is -0.398. The number of ether oxygens (including phenoxy) is 2. The van der Waals surface area contributed by atoms with Gasteiger partial charge in [0.2, 0.25) is 0 Å². The van der Waals surface area contributed by atoms with Gasteiger partial charge >= 0.3 is 6.03 Å². The minimum absolute atomic E-state index is 0.00836. The van der Waals surface area contributed by atoms with Crippen LogP contribution in [0.25, 0.3) is 6.08 Å². The summed E-state index contributed by atoms with van der Waals surface area (Å²) in [4.78, 5) is 48.5. The van der Waals surface area contributed by atoms with Gasteiger partial charge in [-0.1, -0.05) is 12.1 Å². The molecule has 0 spiro atoms. The Kier molecular flexibility index (Phi) is 5.36. The van der Waals surface area contributed by atoms with E-state index in [1.54, 1.807) is 12.1 Å². The number of benzene rings is 2. The van der Waals surface area contributed by atoms with E-state index in [1.165, 1.54) is 19.2 Å². The highest BCUT2D eigenvalue weighted by Crippen LogP contribution is 2.36. The zero-order valence-electron chi connectivity index (χ0n) is 15.7. The van der Waals surface area contributed by atoms with Crippen LogP contribution in [-0.2, 0) is 9.59 Å². The zero-order valence-corrected chi connectivity index (χ0v) is 15.7. The first-order valence-corrected chi connectivity index (χ1v) is 8.36. The van der Waals surface area contributed by atoms with Gasteiger partial charge in [-0.3, -0.25) is 25.0 Å². The molecule has 2 aromatic carbocycles. The van der Waals surface area contributed by atoms with Crippen LogP contribution in [0.4, 0.5) is 16.2 Å². The van der Waals surface area contributed by atoms with Gasteiger partial charge in [-0.15, -0.1) is 0 Å². The van der Waals surface area contributed by atoms with Gasteiger partial charge in [0.15, 0.2) is 0 Å². The molecule has 0 saturated carbocycles. The first-order valence-electron chi connectivity index (χ1n) is 8.36. The summed E-state index contributed by atoms with van der Waals surface area (Å²) in [6.07, 6.45) is 1.03. The molecular formula is C19H14N3O8-. The molecule has 1 heterocycles. The van der Waals surface area contributed by atoms with Crippen LogP contribution in [-0.4, -0.2) is 37.0 Å². The average Bonchev–Trinajstić information content (AvgIpc) is 2.72. The summed E-state index contributed by atoms with van der Waals surface area (Å²) in [5.74, 6) is -3.04. The molecule has 1 N–H and O–H groups in total. The summed E-state index contributed by atoms with van der Waals surface area (Å²) in [6, 6.07) is 7.24. The average molecular weight is 412 g/mol. The van der Waals surface area contributed by atoms with E-state index in [4.69, 9.17) is 9.47 Å². The fourth-order valence-electron chi connectivity index (χ4n) is 2.84. The summed E-state index contributed by atoms with van der Waals surface area (Å²) in [5, 5.41) is 25.1. The number of anilines is 1. The predicted octanol–water partition coefficient (Wildman–Crippen LogP) is 1.35. The van der Waals surface area contributed by atoms with Crippen molar-refractivity contribution in [2.45, 2.75) is 0 Å². The van der Waals surface area contributed by atoms with Crippen LogP contribution in [0.1, 0.15) is 5.56 Å². The maximum atomic E-state index is 13.0. The van der Waals surface area contributed by atoms with Crippen molar-refractivity contribution in [3.8, 4) is 17.2 Å². The Morgan fingerprint density at radius 3 is 2.37 bits per heavy atom. The van der Waals surface area contributed by atoms with Crippen molar-refractivity contribution in [2.24, 2.45) is 0 Å². The predicted molar refractivity (Wildman–Crippen MR) is 101 cm³/mol. The molecule has 3 rings (SSSR count). The Hall–Kier alpha value is -4.41. The van der Waals surface area contributed by atoms with Gasteiger partial charge in [0.25, 0.3) is 17.5 Å². The molecule has 1 fully saturated rings. The molecule has 0 unspecified atom stereocenters. The van der Waals surface area contributed by atoms with Crippen molar-refractivity contribution in [1.29, 1.82) is 0 Å². The third kappa shape index (κ3) is 3.51. The van der Waals surface area contributed by atoms with Crippen molar-refractivity contribution in [3.05, 3.63) is 57.6 Å². The summed E-state index contributed by atoms with van der Waals surface area (Å²) in [6.45, 7) is 0. The number of carbonyl (C=O) groups excluding carboxylic acids is 3. The van der Waals surface area contributed by atoms with Gasteiger partial charge in [-0.2, -0.15) is 0 Å². The van der Waals surface area contributed by atoms with E-state index in [1.807, 2.05) is 5.32 Å². The number of nitrogens with zero attached hydrogens (tertiary/aromatic N) is 2. The molecule has 1 aliphatic rings. The Morgan fingerprint density at radius 2 is 1.73 bits per heavy atom. The van der Waals surface area contributed by atoms with Crippen molar-refractivity contribution < 1.29 is 33.9 Å². The van der Waals surface area contributed by atoms with E-state index < -0.39 is 39.8 Å². The molecule has 154 valence electrons. The largest absolute Gasteiger partial charge is 0.865 e. The molecule has 0 radical (unpaired) electrons. The monoisotopic (exact) mass is 412 g/mol. The van der Waals surface area contributed by atoms with Crippen LogP contribution >= 0.6 is 0 Å². The summed E-state index contributed by atoms with van der Waals surface area (Å²) in [7, 11) is 2.50. The van der Waals surface area contributed by atoms with E-state index in [2.05, 4.69) is 0 Å². The number of amides is 4. The third-order valence-corrected chi connectivity index (χ3v) is 4.21. The highest BCUT2D eigenvalue weighted by atomic mass is 16.6. The van der Waals surface area contributed by atoms with E-state index in [0.717, 1.165) is 25.3 Å². The first-order chi connectivity index (χ1) is 14.3. The molecule has 0 aliphatic carbocycles. The number of rotatable bonds is 5. The molecule has 11 nitrogen and oxygen atoms in total. The van der Waals surface area contributed by atoms with Gasteiger partial charge < -0.3 is 14.6 Å². The normalized spacial score (nSPS) is 15.2. The highest BCUT2D eigenvalue weighted by molar-refractivity contribution is 6.39. The number of imide groups is 2. The summed E-state index contributed by atoms with van der Waals surface area (Å²) >= 11 is 0. The second kappa shape index (κ2) is 7.91. The van der Waals surface area contributed by atoms with Crippen molar-refractivity contribution in [2.75, 3.05) is 19.1 Å².